The Morgan fingerprint density at radius 1 is 1.58 bits per heavy atom. The Balaban J connectivity index is 2.17. The first-order valence-corrected chi connectivity index (χ1v) is 4.16. The fourth-order valence-electron chi connectivity index (χ4n) is 1.85. The highest BCUT2D eigenvalue weighted by atomic mass is 16.6. The molecular formula is C8H13NO3. The first-order chi connectivity index (χ1) is 5.52. The number of carbonyl (C=O) groups excluding carboxylic acids is 1. The Morgan fingerprint density at radius 3 is 2.33 bits per heavy atom. The number of rotatable bonds is 2. The number of nitrogens with zero attached hydrogens (tertiary/aromatic N) is 1. The number of hydrogen-bond donors (Lipinski definition) is 1. The van der Waals surface area contributed by atoms with Crippen molar-refractivity contribution >= 4 is 6.09 Å². The molecule has 0 unspecified atom stereocenters. The molecule has 1 amide bonds. The lowest BCUT2D eigenvalue weighted by Crippen LogP contribution is -2.67. The van der Waals surface area contributed by atoms with Crippen LogP contribution in [0, 0.1) is 0 Å². The van der Waals surface area contributed by atoms with Gasteiger partial charge in [-0.25, -0.2) is 4.79 Å². The molecule has 4 nitrogen and oxygen atoms in total. The molecule has 0 aromatic carbocycles. The molecule has 1 aliphatic carbocycles. The van der Waals surface area contributed by atoms with Crippen molar-refractivity contribution in [2.45, 2.75) is 38.0 Å². The molecule has 1 aliphatic heterocycles. The van der Waals surface area contributed by atoms with Crippen molar-refractivity contribution in [1.29, 1.82) is 0 Å². The van der Waals surface area contributed by atoms with Crippen LogP contribution >= 0.6 is 0 Å². The summed E-state index contributed by atoms with van der Waals surface area (Å²) in [4.78, 5) is 12.7. The lowest BCUT2D eigenvalue weighted by molar-refractivity contribution is -0.190. The van der Waals surface area contributed by atoms with Gasteiger partial charge in [0, 0.05) is 0 Å². The third-order valence-electron chi connectivity index (χ3n) is 2.65. The average molecular weight is 171 g/mol. The van der Waals surface area contributed by atoms with Gasteiger partial charge in [0.05, 0.1) is 12.1 Å². The van der Waals surface area contributed by atoms with Gasteiger partial charge in [-0.05, 0) is 26.7 Å². The van der Waals surface area contributed by atoms with Crippen molar-refractivity contribution in [1.82, 2.24) is 4.90 Å². The van der Waals surface area contributed by atoms with Gasteiger partial charge in [-0.2, -0.15) is 0 Å². The standard InChI is InChI=1S/C8H13NO3/c1-7(2)9(6(11)12-7)8(5-10)3-4-8/h10H,3-5H2,1-2H3. The Bertz CT molecular complexity index is 232. The second kappa shape index (κ2) is 1.93. The van der Waals surface area contributed by atoms with Crippen LogP contribution in [-0.2, 0) is 4.74 Å². The zero-order valence-corrected chi connectivity index (χ0v) is 7.33. The zero-order chi connectivity index (χ0) is 8.98. The average Bonchev–Trinajstić information content (AvgIpc) is 2.67. The molecule has 0 aromatic heterocycles. The summed E-state index contributed by atoms with van der Waals surface area (Å²) in [5, 5.41) is 9.09. The van der Waals surface area contributed by atoms with E-state index in [0.717, 1.165) is 12.8 Å². The van der Waals surface area contributed by atoms with Crippen LogP contribution in [0.4, 0.5) is 4.79 Å². The SMILES string of the molecule is CC1(C)OC(=O)N1C1(CO)CC1. The second-order valence-corrected chi connectivity index (χ2v) is 4.03. The Morgan fingerprint density at radius 2 is 2.17 bits per heavy atom. The van der Waals surface area contributed by atoms with E-state index in [1.807, 2.05) is 13.8 Å². The van der Waals surface area contributed by atoms with Gasteiger partial charge >= 0.3 is 6.09 Å². The molecule has 0 bridgehead atoms. The van der Waals surface area contributed by atoms with E-state index in [1.54, 1.807) is 4.90 Å². The molecule has 68 valence electrons. The van der Waals surface area contributed by atoms with E-state index in [0.29, 0.717) is 0 Å². The van der Waals surface area contributed by atoms with Crippen LogP contribution < -0.4 is 0 Å². The quantitative estimate of drug-likeness (QED) is 0.665. The van der Waals surface area contributed by atoms with Gasteiger partial charge < -0.3 is 9.84 Å². The number of ether oxygens (including phenoxy) is 1. The van der Waals surface area contributed by atoms with Crippen molar-refractivity contribution in [3.63, 3.8) is 0 Å². The Hall–Kier alpha value is -0.770. The van der Waals surface area contributed by atoms with Crippen molar-refractivity contribution in [2.75, 3.05) is 6.61 Å². The molecule has 0 aromatic rings. The number of carbonyl (C=O) groups is 1. The molecule has 0 spiro atoms. The van der Waals surface area contributed by atoms with Crippen molar-refractivity contribution < 1.29 is 14.6 Å². The van der Waals surface area contributed by atoms with E-state index in [2.05, 4.69) is 0 Å². The second-order valence-electron chi connectivity index (χ2n) is 4.03. The Labute approximate surface area is 71.1 Å². The minimum absolute atomic E-state index is 0.0472. The van der Waals surface area contributed by atoms with Crippen molar-refractivity contribution in [3.8, 4) is 0 Å². The van der Waals surface area contributed by atoms with Crippen LogP contribution in [0.5, 0.6) is 0 Å². The van der Waals surface area contributed by atoms with Gasteiger partial charge in [-0.1, -0.05) is 0 Å². The minimum Gasteiger partial charge on any atom is -0.423 e. The van der Waals surface area contributed by atoms with Crippen LogP contribution in [-0.4, -0.2) is 34.0 Å². The maximum atomic E-state index is 11.1. The summed E-state index contributed by atoms with van der Waals surface area (Å²) in [7, 11) is 0. The van der Waals surface area contributed by atoms with E-state index < -0.39 is 5.72 Å². The molecule has 1 N–H and O–H groups in total. The predicted octanol–water partition coefficient (Wildman–Crippen LogP) is 0.700. The maximum absolute atomic E-state index is 11.1. The monoisotopic (exact) mass is 171 g/mol. The molecule has 1 saturated carbocycles. The normalized spacial score (nSPS) is 29.2. The molecular weight excluding hydrogens is 158 g/mol. The van der Waals surface area contributed by atoms with Crippen LogP contribution in [0.15, 0.2) is 0 Å². The smallest absolute Gasteiger partial charge is 0.415 e. The summed E-state index contributed by atoms with van der Waals surface area (Å²) in [5.41, 5.74) is -0.810. The third-order valence-corrected chi connectivity index (χ3v) is 2.65. The largest absolute Gasteiger partial charge is 0.423 e. The summed E-state index contributed by atoms with van der Waals surface area (Å²) < 4.78 is 4.94. The van der Waals surface area contributed by atoms with E-state index >= 15 is 0 Å². The van der Waals surface area contributed by atoms with E-state index in [4.69, 9.17) is 9.84 Å². The Kier molecular flexibility index (Phi) is 1.27. The van der Waals surface area contributed by atoms with Gasteiger partial charge in [0.1, 0.15) is 0 Å². The van der Waals surface area contributed by atoms with Crippen LogP contribution in [0.3, 0.4) is 0 Å². The van der Waals surface area contributed by atoms with Gasteiger partial charge in [-0.15, -0.1) is 0 Å². The first kappa shape index (κ1) is 7.86. The summed E-state index contributed by atoms with van der Waals surface area (Å²) in [5.74, 6) is 0. The maximum Gasteiger partial charge on any atom is 0.415 e. The lowest BCUT2D eigenvalue weighted by Gasteiger charge is -2.50. The molecule has 12 heavy (non-hydrogen) atoms. The fourth-order valence-corrected chi connectivity index (χ4v) is 1.85. The molecule has 0 radical (unpaired) electrons. The van der Waals surface area contributed by atoms with Crippen LogP contribution in [0.2, 0.25) is 0 Å². The van der Waals surface area contributed by atoms with Gasteiger partial charge in [0.15, 0.2) is 5.72 Å². The first-order valence-electron chi connectivity index (χ1n) is 4.16. The van der Waals surface area contributed by atoms with Crippen molar-refractivity contribution in [3.05, 3.63) is 0 Å². The summed E-state index contributed by atoms with van der Waals surface area (Å²) >= 11 is 0. The lowest BCUT2D eigenvalue weighted by atomic mass is 10.1. The molecule has 1 heterocycles. The minimum atomic E-state index is -0.518. The van der Waals surface area contributed by atoms with Crippen LogP contribution in [0.1, 0.15) is 26.7 Å². The van der Waals surface area contributed by atoms with Gasteiger partial charge in [0.25, 0.3) is 0 Å². The number of aliphatic hydroxyl groups is 1. The number of cyclic esters (lactones) is 1. The summed E-state index contributed by atoms with van der Waals surface area (Å²) in [6, 6.07) is 0. The number of aliphatic hydroxyl groups excluding tert-OH is 1. The fraction of sp³-hybridized carbons (Fsp3) is 0.875. The van der Waals surface area contributed by atoms with Gasteiger partial charge in [-0.3, -0.25) is 4.90 Å². The van der Waals surface area contributed by atoms with E-state index in [1.165, 1.54) is 0 Å². The summed E-state index contributed by atoms with van der Waals surface area (Å²) in [6.45, 7) is 3.72. The highest BCUT2D eigenvalue weighted by Crippen LogP contribution is 2.49. The summed E-state index contributed by atoms with van der Waals surface area (Å²) in [6.07, 6.45) is 1.48. The molecule has 4 heteroatoms. The zero-order valence-electron chi connectivity index (χ0n) is 7.33. The highest BCUT2D eigenvalue weighted by molar-refractivity contribution is 5.75. The molecule has 2 fully saturated rings. The highest BCUT2D eigenvalue weighted by Gasteiger charge is 2.62. The topological polar surface area (TPSA) is 49.8 Å². The predicted molar refractivity (Wildman–Crippen MR) is 41.4 cm³/mol. The molecule has 2 aliphatic rings. The third kappa shape index (κ3) is 0.784. The van der Waals surface area contributed by atoms with E-state index in [9.17, 15) is 4.79 Å². The van der Waals surface area contributed by atoms with E-state index in [-0.39, 0.29) is 18.2 Å². The molecule has 0 atom stereocenters. The van der Waals surface area contributed by atoms with Crippen molar-refractivity contribution in [2.24, 2.45) is 0 Å². The van der Waals surface area contributed by atoms with Gasteiger partial charge in [0.2, 0.25) is 0 Å². The molecule has 2 rings (SSSR count). The molecule has 1 saturated heterocycles. The number of hydrogen-bond acceptors (Lipinski definition) is 3. The van der Waals surface area contributed by atoms with Crippen LogP contribution in [0.25, 0.3) is 0 Å². The number of amides is 1.